The lowest BCUT2D eigenvalue weighted by molar-refractivity contribution is 0.317. The van der Waals surface area contributed by atoms with E-state index in [4.69, 9.17) is 33.2 Å². The highest BCUT2D eigenvalue weighted by molar-refractivity contribution is 6.31. The normalized spacial score (nSPS) is 15.4. The van der Waals surface area contributed by atoms with Gasteiger partial charge in [-0.3, -0.25) is 0 Å². The van der Waals surface area contributed by atoms with Crippen molar-refractivity contribution in [3.05, 3.63) is 119 Å². The van der Waals surface area contributed by atoms with E-state index in [0.29, 0.717) is 12.1 Å². The number of hydrogen-bond donors (Lipinski definition) is 2. The Hall–Kier alpha value is -3.62. The second kappa shape index (κ2) is 19.6. The molecule has 0 amide bonds. The van der Waals surface area contributed by atoms with E-state index in [9.17, 15) is 0 Å². The predicted octanol–water partition coefficient (Wildman–Crippen LogP) is 12.7. The fourth-order valence-corrected chi connectivity index (χ4v) is 8.38. The average Bonchev–Trinajstić information content (AvgIpc) is 3.17. The van der Waals surface area contributed by atoms with Gasteiger partial charge in [0.15, 0.2) is 0 Å². The number of aromatic nitrogens is 2. The Morgan fingerprint density at radius 1 is 0.500 bits per heavy atom. The molecule has 4 aromatic carbocycles. The molecule has 308 valence electrons. The summed E-state index contributed by atoms with van der Waals surface area (Å²) in [6.07, 6.45) is 4.63. The van der Waals surface area contributed by atoms with Crippen molar-refractivity contribution in [3.63, 3.8) is 0 Å². The molecular weight excluding hydrogens is 802 g/mol. The van der Waals surface area contributed by atoms with Crippen molar-refractivity contribution in [2.75, 3.05) is 36.0 Å². The SMILES string of the molecule is CC(C)(C)NC1CCN(c2cc(-c3ccc(Cl)cc3)nc3ccccc23)CC1.CC(C)(C)NC1CCN(c2cc(-c3ccc(Cl)cc3)nc3ccccc23)CC1.Cl.Cl. The Morgan fingerprint density at radius 2 is 0.828 bits per heavy atom. The van der Waals surface area contributed by atoms with Gasteiger partial charge in [-0.2, -0.15) is 0 Å². The molecule has 0 spiro atoms. The Labute approximate surface area is 368 Å². The molecule has 0 aliphatic carbocycles. The number of piperidine rings is 2. The summed E-state index contributed by atoms with van der Waals surface area (Å²) in [5.74, 6) is 0. The van der Waals surface area contributed by atoms with Crippen molar-refractivity contribution in [1.82, 2.24) is 20.6 Å². The van der Waals surface area contributed by atoms with Crippen molar-refractivity contribution in [2.24, 2.45) is 0 Å². The summed E-state index contributed by atoms with van der Waals surface area (Å²) in [4.78, 5) is 14.9. The zero-order valence-corrected chi connectivity index (χ0v) is 37.7. The van der Waals surface area contributed by atoms with Gasteiger partial charge in [0.25, 0.3) is 0 Å². The average molecular weight is 861 g/mol. The molecule has 2 aromatic heterocycles. The van der Waals surface area contributed by atoms with Crippen LogP contribution in [-0.4, -0.2) is 59.3 Å². The maximum Gasteiger partial charge on any atom is 0.0730 e. The number of nitrogens with zero attached hydrogens (tertiary/aromatic N) is 4. The number of hydrogen-bond acceptors (Lipinski definition) is 6. The monoisotopic (exact) mass is 858 g/mol. The molecule has 6 nitrogen and oxygen atoms in total. The number of nitrogens with one attached hydrogen (secondary N) is 2. The lowest BCUT2D eigenvalue weighted by Gasteiger charge is -2.37. The first kappa shape index (κ1) is 45.5. The van der Waals surface area contributed by atoms with Crippen LogP contribution in [0.2, 0.25) is 10.0 Å². The molecule has 0 radical (unpaired) electrons. The minimum absolute atomic E-state index is 0. The van der Waals surface area contributed by atoms with Crippen LogP contribution < -0.4 is 20.4 Å². The third-order valence-corrected chi connectivity index (χ3v) is 11.1. The molecule has 2 aliphatic heterocycles. The highest BCUT2D eigenvalue weighted by atomic mass is 35.5. The van der Waals surface area contributed by atoms with Crippen LogP contribution in [-0.2, 0) is 0 Å². The predicted molar refractivity (Wildman–Crippen MR) is 255 cm³/mol. The summed E-state index contributed by atoms with van der Waals surface area (Å²) >= 11 is 12.1. The van der Waals surface area contributed by atoms with E-state index in [0.717, 1.165) is 95.5 Å². The molecule has 0 atom stereocenters. The summed E-state index contributed by atoms with van der Waals surface area (Å²) in [7, 11) is 0. The van der Waals surface area contributed by atoms with Crippen LogP contribution in [0.4, 0.5) is 11.4 Å². The quantitative estimate of drug-likeness (QED) is 0.174. The Morgan fingerprint density at radius 3 is 1.16 bits per heavy atom. The van der Waals surface area contributed by atoms with E-state index < -0.39 is 0 Å². The lowest BCUT2D eigenvalue weighted by Crippen LogP contribution is -2.49. The first-order chi connectivity index (χ1) is 26.8. The molecule has 6 aromatic rings. The summed E-state index contributed by atoms with van der Waals surface area (Å²) < 4.78 is 0. The van der Waals surface area contributed by atoms with Gasteiger partial charge in [0.1, 0.15) is 0 Å². The molecule has 4 heterocycles. The number of para-hydroxylation sites is 2. The van der Waals surface area contributed by atoms with Crippen molar-refractivity contribution < 1.29 is 0 Å². The molecular formula is C48H58Cl4N6. The number of pyridine rings is 2. The van der Waals surface area contributed by atoms with E-state index in [2.05, 4.69) is 123 Å². The van der Waals surface area contributed by atoms with Crippen molar-refractivity contribution in [1.29, 1.82) is 0 Å². The van der Waals surface area contributed by atoms with Crippen LogP contribution in [0.3, 0.4) is 0 Å². The van der Waals surface area contributed by atoms with Gasteiger partial charge in [0, 0.05) is 92.7 Å². The smallest absolute Gasteiger partial charge is 0.0730 e. The van der Waals surface area contributed by atoms with Gasteiger partial charge in [-0.1, -0.05) is 83.9 Å². The lowest BCUT2D eigenvalue weighted by atomic mass is 9.98. The zero-order valence-electron chi connectivity index (χ0n) is 34.6. The van der Waals surface area contributed by atoms with Gasteiger partial charge in [-0.05, 0) is 116 Å². The van der Waals surface area contributed by atoms with E-state index >= 15 is 0 Å². The van der Waals surface area contributed by atoms with Gasteiger partial charge in [0.2, 0.25) is 0 Å². The van der Waals surface area contributed by atoms with Gasteiger partial charge in [-0.15, -0.1) is 24.8 Å². The Balaban J connectivity index is 0.000000214. The van der Waals surface area contributed by atoms with Crippen LogP contribution in [0.5, 0.6) is 0 Å². The summed E-state index contributed by atoms with van der Waals surface area (Å²) in [6, 6.07) is 38.4. The largest absolute Gasteiger partial charge is 0.371 e. The number of fused-ring (bicyclic) bond motifs is 2. The van der Waals surface area contributed by atoms with Crippen LogP contribution in [0.1, 0.15) is 67.2 Å². The summed E-state index contributed by atoms with van der Waals surface area (Å²) in [5, 5.41) is 11.5. The standard InChI is InChI=1S/2C24H28ClN3.2ClH/c2*1-24(2,3)27-19-12-14-28(15-13-19)23-16-22(17-8-10-18(25)11-9-17)26-21-7-5-4-6-20(21)23;;/h2*4-11,16,19,27H,12-15H2,1-3H3;2*1H. The van der Waals surface area contributed by atoms with Gasteiger partial charge in [-0.25, -0.2) is 9.97 Å². The maximum absolute atomic E-state index is 6.07. The molecule has 2 N–H and O–H groups in total. The summed E-state index contributed by atoms with van der Waals surface area (Å²) in [5.41, 5.74) is 9.17. The molecule has 2 saturated heterocycles. The highest BCUT2D eigenvalue weighted by Crippen LogP contribution is 2.35. The minimum atomic E-state index is 0. The number of benzene rings is 4. The van der Waals surface area contributed by atoms with Gasteiger partial charge < -0.3 is 20.4 Å². The fourth-order valence-electron chi connectivity index (χ4n) is 8.13. The van der Waals surface area contributed by atoms with Crippen LogP contribution in [0, 0.1) is 0 Å². The molecule has 2 aliphatic rings. The van der Waals surface area contributed by atoms with Crippen molar-refractivity contribution in [3.8, 4) is 22.5 Å². The molecule has 58 heavy (non-hydrogen) atoms. The van der Waals surface area contributed by atoms with Crippen LogP contribution in [0.25, 0.3) is 44.3 Å². The Bertz CT molecular complexity index is 2070. The molecule has 0 saturated carbocycles. The maximum atomic E-state index is 6.07. The third-order valence-electron chi connectivity index (χ3n) is 10.6. The summed E-state index contributed by atoms with van der Waals surface area (Å²) in [6.45, 7) is 17.7. The van der Waals surface area contributed by atoms with Gasteiger partial charge in [0.05, 0.1) is 22.4 Å². The van der Waals surface area contributed by atoms with Gasteiger partial charge >= 0.3 is 0 Å². The third kappa shape index (κ3) is 11.8. The van der Waals surface area contributed by atoms with E-state index in [-0.39, 0.29) is 35.9 Å². The number of rotatable bonds is 6. The highest BCUT2D eigenvalue weighted by Gasteiger charge is 2.26. The molecule has 2 fully saturated rings. The molecule has 0 bridgehead atoms. The Kier molecular flexibility index (Phi) is 15.4. The molecule has 8 rings (SSSR count). The van der Waals surface area contributed by atoms with Crippen LogP contribution >= 0.6 is 48.0 Å². The molecule has 0 unspecified atom stereocenters. The zero-order chi connectivity index (χ0) is 39.5. The van der Waals surface area contributed by atoms with E-state index in [1.165, 1.54) is 22.1 Å². The molecule has 10 heteroatoms. The van der Waals surface area contributed by atoms with Crippen LogP contribution in [0.15, 0.2) is 109 Å². The van der Waals surface area contributed by atoms with Crippen molar-refractivity contribution >= 4 is 81.2 Å². The first-order valence-corrected chi connectivity index (χ1v) is 20.9. The van der Waals surface area contributed by atoms with E-state index in [1.54, 1.807) is 0 Å². The second-order valence-corrected chi connectivity index (χ2v) is 18.3. The second-order valence-electron chi connectivity index (χ2n) is 17.4. The van der Waals surface area contributed by atoms with E-state index in [1.807, 2.05) is 48.5 Å². The number of anilines is 2. The topological polar surface area (TPSA) is 56.3 Å². The number of halogens is 4. The van der Waals surface area contributed by atoms with Crippen molar-refractivity contribution in [2.45, 2.75) is 90.4 Å². The fraction of sp³-hybridized carbons (Fsp3) is 0.375. The first-order valence-electron chi connectivity index (χ1n) is 20.1. The minimum Gasteiger partial charge on any atom is -0.371 e.